The number of rotatable bonds is 5. The molecule has 2 saturated heterocycles. The van der Waals surface area contributed by atoms with Crippen molar-refractivity contribution in [3.05, 3.63) is 0 Å². The minimum absolute atomic E-state index is 0.753. The predicted octanol–water partition coefficient (Wildman–Crippen LogP) is 1.15. The summed E-state index contributed by atoms with van der Waals surface area (Å²) in [4.78, 5) is 9.25. The van der Waals surface area contributed by atoms with E-state index in [1.54, 1.807) is 0 Å². The Morgan fingerprint density at radius 3 is 2.55 bits per heavy atom. The molecular weight excluding hydrogens is 252 g/mol. The van der Waals surface area contributed by atoms with E-state index in [-0.39, 0.29) is 0 Å². The van der Waals surface area contributed by atoms with Gasteiger partial charge in [0.25, 0.3) is 0 Å². The monoisotopic (exact) mass is 282 g/mol. The topological polar surface area (TPSA) is 54.1 Å². The smallest absolute Gasteiger partial charge is 0.191 e. The fraction of sp³-hybridized carbons (Fsp3) is 0.933. The van der Waals surface area contributed by atoms with Gasteiger partial charge in [-0.2, -0.15) is 0 Å². The van der Waals surface area contributed by atoms with E-state index in [0.717, 1.165) is 64.2 Å². The number of morpholine rings is 1. The van der Waals surface area contributed by atoms with Gasteiger partial charge in [0.15, 0.2) is 5.96 Å². The Hall–Kier alpha value is -0.810. The summed E-state index contributed by atoms with van der Waals surface area (Å²) in [6.45, 7) is 10.4. The van der Waals surface area contributed by atoms with Gasteiger partial charge in [-0.25, -0.2) is 0 Å². The lowest BCUT2D eigenvalue weighted by atomic mass is 10.00. The average molecular weight is 282 g/mol. The number of ether oxygens (including phenoxy) is 1. The van der Waals surface area contributed by atoms with Crippen LogP contribution in [0, 0.1) is 5.92 Å². The molecule has 0 bridgehead atoms. The van der Waals surface area contributed by atoms with Crippen molar-refractivity contribution in [3.63, 3.8) is 0 Å². The standard InChI is InChI=1S/C15H30N4O/c1-14-4-8-19(9-5-14)15(16)17-6-2-3-7-18-10-12-20-13-11-18/h14H,2-13H2,1H3,(H2,16,17). The zero-order chi connectivity index (χ0) is 14.2. The van der Waals surface area contributed by atoms with Crippen molar-refractivity contribution in [2.75, 3.05) is 52.5 Å². The molecule has 2 rings (SSSR count). The second-order valence-electron chi connectivity index (χ2n) is 6.07. The van der Waals surface area contributed by atoms with Crippen LogP contribution in [0.4, 0.5) is 0 Å². The third-order valence-corrected chi connectivity index (χ3v) is 4.37. The van der Waals surface area contributed by atoms with Crippen molar-refractivity contribution < 1.29 is 4.74 Å². The zero-order valence-corrected chi connectivity index (χ0v) is 12.9. The van der Waals surface area contributed by atoms with Crippen LogP contribution in [0.1, 0.15) is 32.6 Å². The first-order valence-electron chi connectivity index (χ1n) is 8.10. The lowest BCUT2D eigenvalue weighted by molar-refractivity contribution is 0.0373. The van der Waals surface area contributed by atoms with E-state index in [1.165, 1.54) is 25.8 Å². The number of piperidine rings is 1. The van der Waals surface area contributed by atoms with Crippen molar-refractivity contribution in [2.45, 2.75) is 32.6 Å². The number of guanidine groups is 1. The molecule has 5 heteroatoms. The molecule has 0 aromatic heterocycles. The highest BCUT2D eigenvalue weighted by atomic mass is 16.5. The van der Waals surface area contributed by atoms with Gasteiger partial charge in [0.1, 0.15) is 0 Å². The van der Waals surface area contributed by atoms with E-state index in [9.17, 15) is 0 Å². The van der Waals surface area contributed by atoms with Crippen LogP contribution < -0.4 is 5.73 Å². The Morgan fingerprint density at radius 1 is 1.15 bits per heavy atom. The number of likely N-dealkylation sites (tertiary alicyclic amines) is 1. The first-order chi connectivity index (χ1) is 9.75. The van der Waals surface area contributed by atoms with Crippen LogP contribution in [-0.2, 0) is 4.74 Å². The number of hydrogen-bond acceptors (Lipinski definition) is 3. The predicted molar refractivity (Wildman–Crippen MR) is 83.0 cm³/mol. The van der Waals surface area contributed by atoms with Gasteiger partial charge in [0.05, 0.1) is 13.2 Å². The molecule has 2 heterocycles. The second-order valence-corrected chi connectivity index (χ2v) is 6.07. The van der Waals surface area contributed by atoms with Crippen molar-refractivity contribution in [1.82, 2.24) is 9.80 Å². The summed E-state index contributed by atoms with van der Waals surface area (Å²) in [5.74, 6) is 1.59. The van der Waals surface area contributed by atoms with Gasteiger partial charge in [-0.1, -0.05) is 6.92 Å². The molecule has 2 fully saturated rings. The molecule has 0 radical (unpaired) electrons. The van der Waals surface area contributed by atoms with Gasteiger partial charge in [-0.3, -0.25) is 9.89 Å². The van der Waals surface area contributed by atoms with Gasteiger partial charge in [0, 0.05) is 32.7 Å². The summed E-state index contributed by atoms with van der Waals surface area (Å²) >= 11 is 0. The Bertz CT molecular complexity index is 294. The van der Waals surface area contributed by atoms with Crippen LogP contribution in [0.5, 0.6) is 0 Å². The average Bonchev–Trinajstić information content (AvgIpc) is 2.48. The molecule has 0 amide bonds. The van der Waals surface area contributed by atoms with Crippen LogP contribution in [0.25, 0.3) is 0 Å². The van der Waals surface area contributed by atoms with Crippen LogP contribution in [0.15, 0.2) is 4.99 Å². The zero-order valence-electron chi connectivity index (χ0n) is 12.9. The molecule has 0 aromatic rings. The molecule has 0 aromatic carbocycles. The van der Waals surface area contributed by atoms with Gasteiger partial charge in [0.2, 0.25) is 0 Å². The van der Waals surface area contributed by atoms with Crippen LogP contribution in [-0.4, -0.2) is 68.2 Å². The van der Waals surface area contributed by atoms with Crippen molar-refractivity contribution in [1.29, 1.82) is 0 Å². The number of hydrogen-bond donors (Lipinski definition) is 1. The Kier molecular flexibility index (Phi) is 6.60. The Labute approximate surface area is 123 Å². The molecule has 0 aliphatic carbocycles. The summed E-state index contributed by atoms with van der Waals surface area (Å²) in [6.07, 6.45) is 4.82. The SMILES string of the molecule is CC1CCN(C(N)=NCCCCN2CCOCC2)CC1. The van der Waals surface area contributed by atoms with E-state index in [2.05, 4.69) is 21.7 Å². The molecule has 0 spiro atoms. The summed E-state index contributed by atoms with van der Waals surface area (Å²) in [6, 6.07) is 0. The number of nitrogens with zero attached hydrogens (tertiary/aromatic N) is 3. The molecule has 116 valence electrons. The highest BCUT2D eigenvalue weighted by Crippen LogP contribution is 2.15. The van der Waals surface area contributed by atoms with E-state index in [0.29, 0.717) is 0 Å². The number of nitrogens with two attached hydrogens (primary N) is 1. The fourth-order valence-corrected chi connectivity index (χ4v) is 2.80. The van der Waals surface area contributed by atoms with E-state index < -0.39 is 0 Å². The molecule has 2 aliphatic rings. The van der Waals surface area contributed by atoms with E-state index in [1.807, 2.05) is 0 Å². The van der Waals surface area contributed by atoms with Crippen molar-refractivity contribution >= 4 is 5.96 Å². The van der Waals surface area contributed by atoms with Gasteiger partial charge < -0.3 is 15.4 Å². The maximum Gasteiger partial charge on any atom is 0.191 e. The van der Waals surface area contributed by atoms with Crippen molar-refractivity contribution in [2.24, 2.45) is 16.6 Å². The normalized spacial score (nSPS) is 23.2. The summed E-state index contributed by atoms with van der Waals surface area (Å²) in [5.41, 5.74) is 6.07. The highest BCUT2D eigenvalue weighted by molar-refractivity contribution is 5.78. The second kappa shape index (κ2) is 8.47. The fourth-order valence-electron chi connectivity index (χ4n) is 2.80. The van der Waals surface area contributed by atoms with E-state index in [4.69, 9.17) is 10.5 Å². The maximum atomic E-state index is 6.07. The van der Waals surface area contributed by atoms with Crippen LogP contribution in [0.2, 0.25) is 0 Å². The highest BCUT2D eigenvalue weighted by Gasteiger charge is 2.16. The minimum Gasteiger partial charge on any atom is -0.379 e. The molecule has 0 saturated carbocycles. The molecule has 5 nitrogen and oxygen atoms in total. The third kappa shape index (κ3) is 5.29. The Balaban J connectivity index is 1.55. The first kappa shape index (κ1) is 15.6. The Morgan fingerprint density at radius 2 is 1.85 bits per heavy atom. The first-order valence-corrected chi connectivity index (χ1v) is 8.10. The maximum absolute atomic E-state index is 6.07. The molecule has 2 aliphatic heterocycles. The molecule has 0 atom stereocenters. The lowest BCUT2D eigenvalue weighted by Crippen LogP contribution is -2.42. The third-order valence-electron chi connectivity index (χ3n) is 4.37. The van der Waals surface area contributed by atoms with Crippen LogP contribution >= 0.6 is 0 Å². The molecule has 20 heavy (non-hydrogen) atoms. The van der Waals surface area contributed by atoms with Crippen LogP contribution in [0.3, 0.4) is 0 Å². The largest absolute Gasteiger partial charge is 0.379 e. The summed E-state index contributed by atoms with van der Waals surface area (Å²) in [5, 5.41) is 0. The summed E-state index contributed by atoms with van der Waals surface area (Å²) < 4.78 is 5.35. The van der Waals surface area contributed by atoms with Gasteiger partial charge in [-0.05, 0) is 38.1 Å². The molecule has 2 N–H and O–H groups in total. The van der Waals surface area contributed by atoms with Gasteiger partial charge >= 0.3 is 0 Å². The van der Waals surface area contributed by atoms with Crippen molar-refractivity contribution in [3.8, 4) is 0 Å². The summed E-state index contributed by atoms with van der Waals surface area (Å²) in [7, 11) is 0. The number of aliphatic imine (C=N–C) groups is 1. The quantitative estimate of drug-likeness (QED) is 0.467. The molecular formula is C15H30N4O. The van der Waals surface area contributed by atoms with E-state index >= 15 is 0 Å². The minimum atomic E-state index is 0.753. The molecule has 0 unspecified atom stereocenters. The van der Waals surface area contributed by atoms with Gasteiger partial charge in [-0.15, -0.1) is 0 Å². The lowest BCUT2D eigenvalue weighted by Gasteiger charge is -2.31. The number of unbranched alkanes of at least 4 members (excludes halogenated alkanes) is 1.